The van der Waals surface area contributed by atoms with Crippen LogP contribution in [-0.2, 0) is 21.3 Å². The Labute approximate surface area is 126 Å². The highest BCUT2D eigenvalue weighted by atomic mass is 32.2. The van der Waals surface area contributed by atoms with Crippen LogP contribution in [0.5, 0.6) is 0 Å². The van der Waals surface area contributed by atoms with Crippen LogP contribution in [0, 0.1) is 13.8 Å². The lowest BCUT2D eigenvalue weighted by molar-refractivity contribution is 0.0602. The summed E-state index contributed by atoms with van der Waals surface area (Å²) in [5.41, 5.74) is 2.04. The van der Waals surface area contributed by atoms with Crippen LogP contribution in [0.4, 0.5) is 0 Å². The minimum atomic E-state index is -3.81. The first-order chi connectivity index (χ1) is 9.86. The molecule has 2 aromatic heterocycles. The molecule has 21 heavy (non-hydrogen) atoms. The van der Waals surface area contributed by atoms with E-state index in [1.165, 1.54) is 7.11 Å². The highest BCUT2D eigenvalue weighted by Gasteiger charge is 2.27. The van der Waals surface area contributed by atoms with Crippen molar-refractivity contribution in [2.45, 2.75) is 25.3 Å². The van der Waals surface area contributed by atoms with E-state index in [1.807, 2.05) is 0 Å². The van der Waals surface area contributed by atoms with Crippen molar-refractivity contribution >= 4 is 27.3 Å². The average molecular weight is 329 g/mol. The molecule has 0 aliphatic heterocycles. The molecule has 2 N–H and O–H groups in total. The molecule has 0 amide bonds. The van der Waals surface area contributed by atoms with Crippen molar-refractivity contribution < 1.29 is 17.9 Å². The fourth-order valence-electron chi connectivity index (χ4n) is 1.80. The number of hydrogen-bond acceptors (Lipinski definition) is 6. The molecule has 0 aliphatic carbocycles. The molecular weight excluding hydrogens is 314 g/mol. The molecule has 2 heterocycles. The van der Waals surface area contributed by atoms with E-state index in [1.54, 1.807) is 25.4 Å². The zero-order valence-corrected chi connectivity index (χ0v) is 13.4. The molecule has 0 radical (unpaired) electrons. The number of sulfonamides is 1. The lowest BCUT2D eigenvalue weighted by Crippen LogP contribution is -2.25. The van der Waals surface area contributed by atoms with Crippen molar-refractivity contribution in [3.05, 3.63) is 33.3 Å². The number of ether oxygens (including phenoxy) is 1. The topological polar surface area (TPSA) is 101 Å². The van der Waals surface area contributed by atoms with Crippen LogP contribution in [0.15, 0.2) is 16.5 Å². The Morgan fingerprint density at radius 3 is 2.76 bits per heavy atom. The third-order valence-electron chi connectivity index (χ3n) is 2.94. The van der Waals surface area contributed by atoms with Gasteiger partial charge in [-0.1, -0.05) is 0 Å². The molecule has 0 saturated carbocycles. The second-order valence-corrected chi connectivity index (χ2v) is 7.00. The molecule has 0 fully saturated rings. The number of H-pyrrole nitrogens is 1. The number of thiophene rings is 1. The average Bonchev–Trinajstić information content (AvgIpc) is 3.02. The number of esters is 1. The minimum Gasteiger partial charge on any atom is -0.465 e. The van der Waals surface area contributed by atoms with Gasteiger partial charge < -0.3 is 4.74 Å². The Morgan fingerprint density at radius 2 is 2.19 bits per heavy atom. The second-order valence-electron chi connectivity index (χ2n) is 4.41. The molecule has 9 heteroatoms. The molecule has 0 saturated heterocycles. The molecule has 0 unspecified atom stereocenters. The Kier molecular flexibility index (Phi) is 4.45. The van der Waals surface area contributed by atoms with Gasteiger partial charge in [0.2, 0.25) is 10.0 Å². The molecule has 0 atom stereocenters. The number of carbonyl (C=O) groups is 1. The van der Waals surface area contributed by atoms with Gasteiger partial charge in [0, 0.05) is 17.8 Å². The van der Waals surface area contributed by atoms with E-state index < -0.39 is 16.0 Å². The lowest BCUT2D eigenvalue weighted by Gasteiger charge is -2.08. The summed E-state index contributed by atoms with van der Waals surface area (Å²) < 4.78 is 31.9. The summed E-state index contributed by atoms with van der Waals surface area (Å²) in [4.78, 5) is 11.7. The molecule has 0 bridgehead atoms. The number of aromatic nitrogens is 2. The van der Waals surface area contributed by atoms with Crippen LogP contribution in [0.1, 0.15) is 26.5 Å². The summed E-state index contributed by atoms with van der Waals surface area (Å²) in [5, 5.41) is 8.18. The van der Waals surface area contributed by atoms with Crippen LogP contribution in [0.3, 0.4) is 0 Å². The number of methoxy groups -OCH3 is 1. The standard InChI is InChI=1S/C12H15N3O4S2/c1-7-6-20-10(12(16)19-3)11(7)21(17,18)14-5-9-4-13-15-8(9)2/h4,6,14H,5H2,1-3H3,(H,13,15). The monoisotopic (exact) mass is 329 g/mol. The van der Waals surface area contributed by atoms with Crippen molar-refractivity contribution in [1.29, 1.82) is 0 Å². The Morgan fingerprint density at radius 1 is 1.48 bits per heavy atom. The van der Waals surface area contributed by atoms with Gasteiger partial charge in [0.15, 0.2) is 0 Å². The number of carbonyl (C=O) groups excluding carboxylic acids is 1. The van der Waals surface area contributed by atoms with Gasteiger partial charge >= 0.3 is 5.97 Å². The maximum atomic E-state index is 12.4. The maximum Gasteiger partial charge on any atom is 0.349 e. The Hall–Kier alpha value is -1.71. The van der Waals surface area contributed by atoms with Crippen molar-refractivity contribution in [3.63, 3.8) is 0 Å². The highest BCUT2D eigenvalue weighted by molar-refractivity contribution is 7.89. The van der Waals surface area contributed by atoms with Crippen molar-refractivity contribution in [2.24, 2.45) is 0 Å². The van der Waals surface area contributed by atoms with Gasteiger partial charge in [-0.05, 0) is 24.8 Å². The number of nitrogens with zero attached hydrogens (tertiary/aromatic N) is 1. The largest absolute Gasteiger partial charge is 0.465 e. The number of aryl methyl sites for hydroxylation is 2. The van der Waals surface area contributed by atoms with E-state index >= 15 is 0 Å². The zero-order valence-electron chi connectivity index (χ0n) is 11.8. The zero-order chi connectivity index (χ0) is 15.6. The summed E-state index contributed by atoms with van der Waals surface area (Å²) in [6, 6.07) is 0. The maximum absolute atomic E-state index is 12.4. The van der Waals surface area contributed by atoms with Crippen molar-refractivity contribution in [3.8, 4) is 0 Å². The Balaban J connectivity index is 2.30. The number of aromatic amines is 1. The molecule has 0 aromatic carbocycles. The van der Waals surface area contributed by atoms with E-state index in [4.69, 9.17) is 0 Å². The van der Waals surface area contributed by atoms with E-state index in [9.17, 15) is 13.2 Å². The molecule has 114 valence electrons. The third-order valence-corrected chi connectivity index (χ3v) is 5.74. The van der Waals surface area contributed by atoms with E-state index in [0.717, 1.165) is 22.6 Å². The number of rotatable bonds is 5. The summed E-state index contributed by atoms with van der Waals surface area (Å²) in [5.74, 6) is -0.659. The molecule has 0 spiro atoms. The van der Waals surface area contributed by atoms with Crippen LogP contribution in [0.25, 0.3) is 0 Å². The Bertz CT molecular complexity index is 761. The smallest absolute Gasteiger partial charge is 0.349 e. The van der Waals surface area contributed by atoms with Gasteiger partial charge in [-0.15, -0.1) is 11.3 Å². The fraction of sp³-hybridized carbons (Fsp3) is 0.333. The molecule has 2 rings (SSSR count). The number of hydrogen-bond donors (Lipinski definition) is 2. The van der Waals surface area contributed by atoms with Gasteiger partial charge in [-0.25, -0.2) is 17.9 Å². The summed E-state index contributed by atoms with van der Waals surface area (Å²) in [6.07, 6.45) is 1.56. The molecule has 0 aliphatic rings. The quantitative estimate of drug-likeness (QED) is 0.806. The first-order valence-corrected chi connectivity index (χ1v) is 8.38. The van der Waals surface area contributed by atoms with Gasteiger partial charge in [0.25, 0.3) is 0 Å². The third kappa shape index (κ3) is 3.14. The van der Waals surface area contributed by atoms with Crippen LogP contribution in [-0.4, -0.2) is 31.7 Å². The summed E-state index contributed by atoms with van der Waals surface area (Å²) >= 11 is 1.05. The summed E-state index contributed by atoms with van der Waals surface area (Å²) in [6.45, 7) is 3.54. The molecular formula is C12H15N3O4S2. The first-order valence-electron chi connectivity index (χ1n) is 6.01. The van der Waals surface area contributed by atoms with Gasteiger partial charge in [-0.2, -0.15) is 5.10 Å². The lowest BCUT2D eigenvalue weighted by atomic mass is 10.3. The van der Waals surface area contributed by atoms with E-state index in [0.29, 0.717) is 5.56 Å². The SMILES string of the molecule is COC(=O)c1scc(C)c1S(=O)(=O)NCc1cn[nH]c1C. The summed E-state index contributed by atoms with van der Waals surface area (Å²) in [7, 11) is -2.59. The molecule has 7 nitrogen and oxygen atoms in total. The molecule has 2 aromatic rings. The second kappa shape index (κ2) is 5.96. The van der Waals surface area contributed by atoms with Crippen LogP contribution in [0.2, 0.25) is 0 Å². The van der Waals surface area contributed by atoms with Gasteiger partial charge in [0.1, 0.15) is 9.77 Å². The first kappa shape index (κ1) is 15.7. The number of nitrogens with one attached hydrogen (secondary N) is 2. The van der Waals surface area contributed by atoms with Crippen LogP contribution >= 0.6 is 11.3 Å². The predicted octanol–water partition coefficient (Wildman–Crippen LogP) is 1.35. The van der Waals surface area contributed by atoms with E-state index in [2.05, 4.69) is 19.7 Å². The normalized spacial score (nSPS) is 11.6. The fourth-order valence-corrected chi connectivity index (χ4v) is 4.51. The minimum absolute atomic E-state index is 0.0273. The van der Waals surface area contributed by atoms with Gasteiger partial charge in [-0.3, -0.25) is 5.10 Å². The van der Waals surface area contributed by atoms with Crippen molar-refractivity contribution in [2.75, 3.05) is 7.11 Å². The van der Waals surface area contributed by atoms with E-state index in [-0.39, 0.29) is 16.3 Å². The highest BCUT2D eigenvalue weighted by Crippen LogP contribution is 2.27. The van der Waals surface area contributed by atoms with Gasteiger partial charge in [0.05, 0.1) is 13.3 Å². The van der Waals surface area contributed by atoms with Crippen LogP contribution < -0.4 is 4.72 Å². The van der Waals surface area contributed by atoms with Crippen molar-refractivity contribution in [1.82, 2.24) is 14.9 Å². The predicted molar refractivity (Wildman–Crippen MR) is 77.7 cm³/mol.